The van der Waals surface area contributed by atoms with E-state index < -0.39 is 0 Å². The van der Waals surface area contributed by atoms with Crippen molar-refractivity contribution in [2.24, 2.45) is 52.8 Å². The smallest absolute Gasteiger partial charge is 0.0601 e. The van der Waals surface area contributed by atoms with Crippen LogP contribution < -0.4 is 0 Å². The number of fused-ring (bicyclic) bond motifs is 4. The van der Waals surface area contributed by atoms with Crippen LogP contribution in [-0.4, -0.2) is 25.4 Å². The lowest BCUT2D eigenvalue weighted by atomic mass is 9.75. The minimum absolute atomic E-state index is 0.391. The van der Waals surface area contributed by atoms with E-state index in [1.54, 1.807) is 0 Å². The SMILES string of the molecule is CC(C)[C@@H](C)OCC1CC2CC(C[C@@H](OCC3(C)CC4CCC3C4)C(C)C)C1C2. The molecule has 9 atom stereocenters. The Bertz CT molecular complexity index is 543. The van der Waals surface area contributed by atoms with Gasteiger partial charge in [0, 0.05) is 0 Å². The lowest BCUT2D eigenvalue weighted by Crippen LogP contribution is -2.35. The molecular formula is C27H48O2. The average molecular weight is 405 g/mol. The first kappa shape index (κ1) is 22.1. The van der Waals surface area contributed by atoms with Crippen LogP contribution in [0.15, 0.2) is 0 Å². The summed E-state index contributed by atoms with van der Waals surface area (Å²) in [5, 5.41) is 0. The summed E-state index contributed by atoms with van der Waals surface area (Å²) in [4.78, 5) is 0. The van der Waals surface area contributed by atoms with E-state index in [1.807, 2.05) is 0 Å². The summed E-state index contributed by atoms with van der Waals surface area (Å²) in [6.07, 6.45) is 12.3. The van der Waals surface area contributed by atoms with Crippen LogP contribution in [0.25, 0.3) is 0 Å². The lowest BCUT2D eigenvalue weighted by Gasteiger charge is -2.38. The molecule has 4 fully saturated rings. The third-order valence-corrected chi connectivity index (χ3v) is 9.79. The van der Waals surface area contributed by atoms with Crippen molar-refractivity contribution in [3.05, 3.63) is 0 Å². The molecule has 0 aromatic rings. The highest BCUT2D eigenvalue weighted by Gasteiger charge is 2.49. The maximum absolute atomic E-state index is 6.75. The van der Waals surface area contributed by atoms with Gasteiger partial charge in [0.25, 0.3) is 0 Å². The molecule has 0 aliphatic heterocycles. The van der Waals surface area contributed by atoms with Crippen LogP contribution in [0, 0.1) is 52.8 Å². The van der Waals surface area contributed by atoms with Crippen LogP contribution in [0.4, 0.5) is 0 Å². The number of rotatable bonds is 10. The summed E-state index contributed by atoms with van der Waals surface area (Å²) in [6.45, 7) is 16.1. The van der Waals surface area contributed by atoms with Crippen molar-refractivity contribution in [2.75, 3.05) is 13.2 Å². The third-order valence-electron chi connectivity index (χ3n) is 9.79. The minimum Gasteiger partial charge on any atom is -0.378 e. The zero-order chi connectivity index (χ0) is 20.8. The molecule has 4 bridgehead atoms. The molecule has 4 rings (SSSR count). The van der Waals surface area contributed by atoms with Gasteiger partial charge in [-0.05, 0) is 105 Å². The molecule has 168 valence electrons. The van der Waals surface area contributed by atoms with Gasteiger partial charge in [-0.15, -0.1) is 0 Å². The topological polar surface area (TPSA) is 18.5 Å². The predicted octanol–water partition coefficient (Wildman–Crippen LogP) is 6.97. The van der Waals surface area contributed by atoms with Gasteiger partial charge < -0.3 is 9.47 Å². The maximum Gasteiger partial charge on any atom is 0.0601 e. The summed E-state index contributed by atoms with van der Waals surface area (Å²) >= 11 is 0. The van der Waals surface area contributed by atoms with Gasteiger partial charge in [0.2, 0.25) is 0 Å². The van der Waals surface area contributed by atoms with Gasteiger partial charge in [0.15, 0.2) is 0 Å². The van der Waals surface area contributed by atoms with E-state index in [9.17, 15) is 0 Å². The molecule has 4 aliphatic carbocycles. The Hall–Kier alpha value is -0.0800. The van der Waals surface area contributed by atoms with Crippen molar-refractivity contribution < 1.29 is 9.47 Å². The molecule has 0 spiro atoms. The highest BCUT2D eigenvalue weighted by molar-refractivity contribution is 4.99. The Morgan fingerprint density at radius 1 is 0.828 bits per heavy atom. The van der Waals surface area contributed by atoms with Gasteiger partial charge >= 0.3 is 0 Å². The highest BCUT2D eigenvalue weighted by Crippen LogP contribution is 2.57. The molecule has 4 aliphatic rings. The van der Waals surface area contributed by atoms with E-state index in [1.165, 1.54) is 51.4 Å². The second-order valence-electron chi connectivity index (χ2n) is 12.6. The molecular weight excluding hydrogens is 356 g/mol. The van der Waals surface area contributed by atoms with Crippen molar-refractivity contribution in [3.8, 4) is 0 Å². The first-order valence-electron chi connectivity index (χ1n) is 13.0. The molecule has 0 N–H and O–H groups in total. The molecule has 0 heterocycles. The third kappa shape index (κ3) is 4.74. The van der Waals surface area contributed by atoms with Crippen LogP contribution in [0.1, 0.15) is 92.9 Å². The molecule has 0 aromatic carbocycles. The van der Waals surface area contributed by atoms with E-state index in [2.05, 4.69) is 41.5 Å². The van der Waals surface area contributed by atoms with Crippen LogP contribution >= 0.6 is 0 Å². The van der Waals surface area contributed by atoms with Gasteiger partial charge in [-0.2, -0.15) is 0 Å². The van der Waals surface area contributed by atoms with E-state index in [0.717, 1.165) is 48.7 Å². The van der Waals surface area contributed by atoms with Gasteiger partial charge in [-0.25, -0.2) is 0 Å². The number of ether oxygens (including phenoxy) is 2. The molecule has 2 heteroatoms. The van der Waals surface area contributed by atoms with Gasteiger partial charge in [-0.1, -0.05) is 41.0 Å². The predicted molar refractivity (Wildman–Crippen MR) is 121 cm³/mol. The largest absolute Gasteiger partial charge is 0.378 e. The molecule has 29 heavy (non-hydrogen) atoms. The van der Waals surface area contributed by atoms with E-state index in [0.29, 0.717) is 29.5 Å². The molecule has 0 aromatic heterocycles. The summed E-state index contributed by atoms with van der Waals surface area (Å²) < 4.78 is 13.0. The Morgan fingerprint density at radius 2 is 1.59 bits per heavy atom. The zero-order valence-corrected chi connectivity index (χ0v) is 20.2. The second kappa shape index (κ2) is 8.81. The lowest BCUT2D eigenvalue weighted by molar-refractivity contribution is -0.0605. The monoisotopic (exact) mass is 404 g/mol. The van der Waals surface area contributed by atoms with E-state index >= 15 is 0 Å². The van der Waals surface area contributed by atoms with E-state index in [4.69, 9.17) is 9.47 Å². The Kier molecular flexibility index (Phi) is 6.72. The van der Waals surface area contributed by atoms with Gasteiger partial charge in [-0.3, -0.25) is 0 Å². The number of hydrogen-bond donors (Lipinski definition) is 0. The standard InChI is InChI=1S/C27H48O2/c1-17(2)19(5)28-15-23-10-21-9-22(25(23)12-21)13-26(18(3)4)29-16-27(6)14-20-7-8-24(27)11-20/h17-26H,7-16H2,1-6H3/t19-,20?,21?,22?,23?,24?,25?,26-,27?/m1/s1. The molecule has 0 amide bonds. The normalized spacial score (nSPS) is 43.0. The Morgan fingerprint density at radius 3 is 2.17 bits per heavy atom. The first-order chi connectivity index (χ1) is 13.7. The Labute approximate surface area is 180 Å². The summed E-state index contributed by atoms with van der Waals surface area (Å²) in [5.41, 5.74) is 0.466. The summed E-state index contributed by atoms with van der Waals surface area (Å²) in [5.74, 6) is 6.72. The molecule has 2 nitrogen and oxygen atoms in total. The van der Waals surface area contributed by atoms with E-state index in [-0.39, 0.29) is 0 Å². The fraction of sp³-hybridized carbons (Fsp3) is 1.00. The zero-order valence-electron chi connectivity index (χ0n) is 20.2. The van der Waals surface area contributed by atoms with Gasteiger partial charge in [0.1, 0.15) is 0 Å². The molecule has 4 saturated carbocycles. The van der Waals surface area contributed by atoms with Crippen molar-refractivity contribution in [2.45, 2.75) is 105 Å². The fourth-order valence-corrected chi connectivity index (χ4v) is 7.60. The number of hydrogen-bond acceptors (Lipinski definition) is 2. The van der Waals surface area contributed by atoms with Crippen molar-refractivity contribution in [1.82, 2.24) is 0 Å². The molecule has 0 radical (unpaired) electrons. The highest BCUT2D eigenvalue weighted by atomic mass is 16.5. The van der Waals surface area contributed by atoms with Crippen molar-refractivity contribution in [1.29, 1.82) is 0 Å². The van der Waals surface area contributed by atoms with Crippen LogP contribution in [0.5, 0.6) is 0 Å². The van der Waals surface area contributed by atoms with Crippen molar-refractivity contribution >= 4 is 0 Å². The molecule has 0 saturated heterocycles. The first-order valence-corrected chi connectivity index (χ1v) is 13.0. The minimum atomic E-state index is 0.391. The van der Waals surface area contributed by atoms with Gasteiger partial charge in [0.05, 0.1) is 25.4 Å². The van der Waals surface area contributed by atoms with Crippen molar-refractivity contribution in [3.63, 3.8) is 0 Å². The summed E-state index contributed by atoms with van der Waals surface area (Å²) in [6, 6.07) is 0. The molecule has 7 unspecified atom stereocenters. The average Bonchev–Trinajstić information content (AvgIpc) is 3.42. The van der Waals surface area contributed by atoms with Crippen LogP contribution in [-0.2, 0) is 9.47 Å². The van der Waals surface area contributed by atoms with Crippen LogP contribution in [0.3, 0.4) is 0 Å². The fourth-order valence-electron chi connectivity index (χ4n) is 7.60. The maximum atomic E-state index is 6.75. The van der Waals surface area contributed by atoms with Crippen LogP contribution in [0.2, 0.25) is 0 Å². The second-order valence-corrected chi connectivity index (χ2v) is 12.6. The quantitative estimate of drug-likeness (QED) is 0.391. The summed E-state index contributed by atoms with van der Waals surface area (Å²) in [7, 11) is 0. The Balaban J connectivity index is 1.29.